The molecule has 0 amide bonds. The van der Waals surface area contributed by atoms with E-state index in [1.54, 1.807) is 0 Å². The Morgan fingerprint density at radius 3 is 2.44 bits per heavy atom. The second kappa shape index (κ2) is 2.05. The van der Waals surface area contributed by atoms with Crippen molar-refractivity contribution in [1.82, 2.24) is 4.90 Å². The Kier molecular flexibility index (Phi) is 1.52. The van der Waals surface area contributed by atoms with Gasteiger partial charge in [0.05, 0.1) is 0 Å². The molecule has 0 aromatic rings. The summed E-state index contributed by atoms with van der Waals surface area (Å²) in [7, 11) is 2.12. The maximum Gasteiger partial charge on any atom is 0.0177 e. The van der Waals surface area contributed by atoms with Crippen molar-refractivity contribution in [2.45, 2.75) is 20.3 Å². The van der Waals surface area contributed by atoms with Gasteiger partial charge in [0.1, 0.15) is 0 Å². The second-order valence-electron chi connectivity index (χ2n) is 3.53. The fourth-order valence-electron chi connectivity index (χ4n) is 0.951. The average Bonchev–Trinajstić information content (AvgIpc) is 1.78. The Bertz CT molecular complexity index is 125. The summed E-state index contributed by atoms with van der Waals surface area (Å²) in [5, 5.41) is 0. The number of rotatable bonds is 0. The predicted octanol–water partition coefficient (Wildman–Crippen LogP) is 1.86. The zero-order valence-electron chi connectivity index (χ0n) is 6.52. The fraction of sp³-hybridized carbons (Fsp3) is 0.750. The van der Waals surface area contributed by atoms with E-state index in [4.69, 9.17) is 0 Å². The van der Waals surface area contributed by atoms with E-state index in [0.717, 1.165) is 0 Å². The van der Waals surface area contributed by atoms with Crippen LogP contribution in [-0.2, 0) is 0 Å². The van der Waals surface area contributed by atoms with Crippen LogP contribution in [0.25, 0.3) is 0 Å². The second-order valence-corrected chi connectivity index (χ2v) is 3.53. The van der Waals surface area contributed by atoms with Crippen molar-refractivity contribution in [1.29, 1.82) is 0 Å². The van der Waals surface area contributed by atoms with Gasteiger partial charge >= 0.3 is 0 Å². The van der Waals surface area contributed by atoms with Crippen molar-refractivity contribution in [3.05, 3.63) is 12.3 Å². The Morgan fingerprint density at radius 1 is 1.44 bits per heavy atom. The third-order valence-corrected chi connectivity index (χ3v) is 1.89. The SMILES string of the molecule is CN1C=CC(C)(C)CC1. The molecule has 0 saturated carbocycles. The first kappa shape index (κ1) is 6.66. The van der Waals surface area contributed by atoms with Gasteiger partial charge in [-0.25, -0.2) is 0 Å². The van der Waals surface area contributed by atoms with Gasteiger partial charge < -0.3 is 4.90 Å². The standard InChI is InChI=1S/C8H15N/c1-8(2)4-6-9(3)7-5-8/h4,6H,5,7H2,1-3H3. The average molecular weight is 125 g/mol. The van der Waals surface area contributed by atoms with Crippen LogP contribution in [0.5, 0.6) is 0 Å². The fourth-order valence-corrected chi connectivity index (χ4v) is 0.951. The minimum Gasteiger partial charge on any atom is -0.381 e. The van der Waals surface area contributed by atoms with E-state index >= 15 is 0 Å². The first-order chi connectivity index (χ1) is 4.10. The van der Waals surface area contributed by atoms with E-state index in [1.165, 1.54) is 13.0 Å². The summed E-state index contributed by atoms with van der Waals surface area (Å²) in [6.07, 6.45) is 5.72. The molecule has 0 aliphatic carbocycles. The summed E-state index contributed by atoms with van der Waals surface area (Å²) in [5.41, 5.74) is 0.437. The zero-order valence-corrected chi connectivity index (χ0v) is 6.52. The minimum atomic E-state index is 0.437. The molecule has 0 bridgehead atoms. The van der Waals surface area contributed by atoms with Gasteiger partial charge in [0.2, 0.25) is 0 Å². The van der Waals surface area contributed by atoms with Crippen molar-refractivity contribution in [3.8, 4) is 0 Å². The largest absolute Gasteiger partial charge is 0.381 e. The number of allylic oxidation sites excluding steroid dienone is 1. The van der Waals surface area contributed by atoms with Crippen LogP contribution < -0.4 is 0 Å². The molecule has 1 heterocycles. The number of nitrogens with zero attached hydrogens (tertiary/aromatic N) is 1. The molecule has 0 aromatic heterocycles. The van der Waals surface area contributed by atoms with Gasteiger partial charge in [0.25, 0.3) is 0 Å². The van der Waals surface area contributed by atoms with Crippen LogP contribution in [0.1, 0.15) is 20.3 Å². The van der Waals surface area contributed by atoms with Crippen molar-refractivity contribution in [3.63, 3.8) is 0 Å². The molecule has 0 N–H and O–H groups in total. The van der Waals surface area contributed by atoms with Crippen LogP contribution in [0, 0.1) is 5.41 Å². The topological polar surface area (TPSA) is 3.24 Å². The lowest BCUT2D eigenvalue weighted by Crippen LogP contribution is -2.24. The van der Waals surface area contributed by atoms with Crippen LogP contribution in [0.3, 0.4) is 0 Å². The lowest BCUT2D eigenvalue weighted by molar-refractivity contribution is 0.313. The lowest BCUT2D eigenvalue weighted by atomic mass is 9.87. The van der Waals surface area contributed by atoms with Crippen molar-refractivity contribution < 1.29 is 0 Å². The third-order valence-electron chi connectivity index (χ3n) is 1.89. The Hall–Kier alpha value is -0.460. The Balaban J connectivity index is 2.58. The molecule has 0 aromatic carbocycles. The summed E-state index contributed by atoms with van der Waals surface area (Å²) in [6, 6.07) is 0. The molecular formula is C8H15N. The van der Waals surface area contributed by atoms with Crippen molar-refractivity contribution in [2.75, 3.05) is 13.6 Å². The van der Waals surface area contributed by atoms with Crippen LogP contribution in [0.2, 0.25) is 0 Å². The molecule has 0 radical (unpaired) electrons. The van der Waals surface area contributed by atoms with Crippen LogP contribution in [0.15, 0.2) is 12.3 Å². The van der Waals surface area contributed by atoms with E-state index < -0.39 is 0 Å². The van der Waals surface area contributed by atoms with Crippen molar-refractivity contribution >= 4 is 0 Å². The van der Waals surface area contributed by atoms with Gasteiger partial charge in [-0.15, -0.1) is 0 Å². The minimum absolute atomic E-state index is 0.437. The molecule has 0 spiro atoms. The molecule has 1 heteroatoms. The lowest BCUT2D eigenvalue weighted by Gasteiger charge is -2.29. The highest BCUT2D eigenvalue weighted by atomic mass is 15.1. The Labute approximate surface area is 57.4 Å². The van der Waals surface area contributed by atoms with E-state index in [0.29, 0.717) is 5.41 Å². The van der Waals surface area contributed by atoms with Gasteiger partial charge in [-0.05, 0) is 18.0 Å². The van der Waals surface area contributed by atoms with E-state index in [-0.39, 0.29) is 0 Å². The van der Waals surface area contributed by atoms with Crippen LogP contribution in [-0.4, -0.2) is 18.5 Å². The maximum absolute atomic E-state index is 2.27. The van der Waals surface area contributed by atoms with Crippen LogP contribution in [0.4, 0.5) is 0 Å². The van der Waals surface area contributed by atoms with Gasteiger partial charge in [0, 0.05) is 13.6 Å². The van der Waals surface area contributed by atoms with Crippen molar-refractivity contribution in [2.24, 2.45) is 5.41 Å². The maximum atomic E-state index is 2.27. The highest BCUT2D eigenvalue weighted by molar-refractivity contribution is 4.98. The summed E-state index contributed by atoms with van der Waals surface area (Å²) < 4.78 is 0. The first-order valence-corrected chi connectivity index (χ1v) is 3.50. The molecule has 1 aliphatic heterocycles. The monoisotopic (exact) mass is 125 g/mol. The van der Waals surface area contributed by atoms with Gasteiger partial charge in [-0.1, -0.05) is 19.9 Å². The number of hydrogen-bond donors (Lipinski definition) is 0. The molecule has 1 rings (SSSR count). The normalized spacial score (nSPS) is 24.6. The van der Waals surface area contributed by atoms with Crippen LogP contribution >= 0.6 is 0 Å². The number of hydrogen-bond acceptors (Lipinski definition) is 1. The Morgan fingerprint density at radius 2 is 2.11 bits per heavy atom. The highest BCUT2D eigenvalue weighted by Crippen LogP contribution is 2.25. The molecule has 9 heavy (non-hydrogen) atoms. The summed E-state index contributed by atoms with van der Waals surface area (Å²) in [5.74, 6) is 0. The highest BCUT2D eigenvalue weighted by Gasteiger charge is 2.17. The smallest absolute Gasteiger partial charge is 0.0177 e. The zero-order chi connectivity index (χ0) is 6.91. The van der Waals surface area contributed by atoms with Gasteiger partial charge in [-0.3, -0.25) is 0 Å². The molecule has 0 unspecified atom stereocenters. The summed E-state index contributed by atoms with van der Waals surface area (Å²) in [4.78, 5) is 2.23. The molecule has 0 fully saturated rings. The molecule has 0 atom stereocenters. The molecular weight excluding hydrogens is 110 g/mol. The summed E-state index contributed by atoms with van der Waals surface area (Å²) >= 11 is 0. The quantitative estimate of drug-likeness (QED) is 0.477. The van der Waals surface area contributed by atoms with E-state index in [2.05, 4.69) is 38.1 Å². The van der Waals surface area contributed by atoms with E-state index in [1.807, 2.05) is 0 Å². The molecule has 52 valence electrons. The van der Waals surface area contributed by atoms with Gasteiger partial charge in [0.15, 0.2) is 0 Å². The summed E-state index contributed by atoms with van der Waals surface area (Å²) in [6.45, 7) is 5.75. The molecule has 1 aliphatic rings. The predicted molar refractivity (Wildman–Crippen MR) is 40.2 cm³/mol. The van der Waals surface area contributed by atoms with E-state index in [9.17, 15) is 0 Å². The molecule has 0 saturated heterocycles. The third kappa shape index (κ3) is 1.74. The molecule has 1 nitrogen and oxygen atoms in total. The first-order valence-electron chi connectivity index (χ1n) is 3.50. The van der Waals surface area contributed by atoms with Gasteiger partial charge in [-0.2, -0.15) is 0 Å².